The van der Waals surface area contributed by atoms with E-state index in [2.05, 4.69) is 86.3 Å². The van der Waals surface area contributed by atoms with Crippen molar-refractivity contribution in [3.63, 3.8) is 0 Å². The summed E-state index contributed by atoms with van der Waals surface area (Å²) in [5.74, 6) is 0.731. The van der Waals surface area contributed by atoms with E-state index in [0.29, 0.717) is 6.04 Å². The Balaban J connectivity index is 2.10. The van der Waals surface area contributed by atoms with E-state index in [-0.39, 0.29) is 0 Å². The first-order chi connectivity index (χ1) is 10.1. The molecule has 0 saturated carbocycles. The largest absolute Gasteiger partial charge is 0.292 e. The maximum absolute atomic E-state index is 2.59. The highest BCUT2D eigenvalue weighted by Crippen LogP contribution is 2.18. The van der Waals surface area contributed by atoms with Crippen molar-refractivity contribution in [3.8, 4) is 0 Å². The molecule has 0 radical (unpaired) electrons. The van der Waals surface area contributed by atoms with E-state index < -0.39 is 0 Å². The van der Waals surface area contributed by atoms with Gasteiger partial charge in [-0.1, -0.05) is 74.5 Å². The molecule has 1 nitrogen and oxygen atoms in total. The Hall–Kier alpha value is -1.60. The molecule has 1 heteroatoms. The first-order valence-corrected chi connectivity index (χ1v) is 7.97. The van der Waals surface area contributed by atoms with Crippen LogP contribution in [0.4, 0.5) is 0 Å². The van der Waals surface area contributed by atoms with E-state index in [9.17, 15) is 0 Å². The zero-order chi connectivity index (χ0) is 15.1. The van der Waals surface area contributed by atoms with Crippen molar-refractivity contribution in [2.75, 3.05) is 0 Å². The average molecular weight is 281 g/mol. The number of benzene rings is 2. The zero-order valence-corrected chi connectivity index (χ0v) is 13.5. The lowest BCUT2D eigenvalue weighted by molar-refractivity contribution is 0.169. The highest BCUT2D eigenvalue weighted by atomic mass is 15.1. The summed E-state index contributed by atoms with van der Waals surface area (Å²) in [5, 5.41) is 0. The maximum atomic E-state index is 2.59. The minimum Gasteiger partial charge on any atom is -0.292 e. The smallest absolute Gasteiger partial charge is 0.0240 e. The van der Waals surface area contributed by atoms with Gasteiger partial charge in [-0.15, -0.1) is 0 Å². The second kappa shape index (κ2) is 7.99. The lowest BCUT2D eigenvalue weighted by Crippen LogP contribution is -2.33. The number of hydrogen-bond acceptors (Lipinski definition) is 1. The molecular weight excluding hydrogens is 254 g/mol. The highest BCUT2D eigenvalue weighted by Gasteiger charge is 2.16. The van der Waals surface area contributed by atoms with Crippen molar-refractivity contribution >= 4 is 0 Å². The Morgan fingerprint density at radius 1 is 0.714 bits per heavy atom. The molecule has 0 aliphatic rings. The van der Waals surface area contributed by atoms with Crippen molar-refractivity contribution in [1.82, 2.24) is 4.90 Å². The summed E-state index contributed by atoms with van der Waals surface area (Å²) in [5.41, 5.74) is 2.79. The molecule has 0 aliphatic heterocycles. The van der Waals surface area contributed by atoms with Gasteiger partial charge in [0, 0.05) is 19.1 Å². The van der Waals surface area contributed by atoms with Crippen LogP contribution in [0.5, 0.6) is 0 Å². The molecule has 2 aromatic rings. The Morgan fingerprint density at radius 3 is 1.52 bits per heavy atom. The number of hydrogen-bond donors (Lipinski definition) is 0. The molecule has 0 aromatic heterocycles. The third-order valence-corrected chi connectivity index (χ3v) is 3.89. The van der Waals surface area contributed by atoms with Crippen LogP contribution in [-0.4, -0.2) is 10.9 Å². The lowest BCUT2D eigenvalue weighted by atomic mass is 10.0. The molecule has 1 atom stereocenters. The van der Waals surface area contributed by atoms with Gasteiger partial charge in [0.1, 0.15) is 0 Å². The van der Waals surface area contributed by atoms with Crippen molar-refractivity contribution in [2.24, 2.45) is 5.92 Å². The molecule has 112 valence electrons. The van der Waals surface area contributed by atoms with Crippen LogP contribution in [-0.2, 0) is 13.1 Å². The Morgan fingerprint density at radius 2 is 1.14 bits per heavy atom. The second-order valence-electron chi connectivity index (χ2n) is 6.35. The topological polar surface area (TPSA) is 3.24 Å². The predicted octanol–water partition coefficient (Wildman–Crippen LogP) is 5.12. The first kappa shape index (κ1) is 15.8. The third-order valence-electron chi connectivity index (χ3n) is 3.89. The molecule has 0 amide bonds. The van der Waals surface area contributed by atoms with E-state index in [4.69, 9.17) is 0 Å². The average Bonchev–Trinajstić information content (AvgIpc) is 2.48. The molecule has 0 N–H and O–H groups in total. The van der Waals surface area contributed by atoms with Crippen LogP contribution in [0.15, 0.2) is 60.7 Å². The molecule has 0 aliphatic carbocycles. The van der Waals surface area contributed by atoms with Crippen molar-refractivity contribution in [3.05, 3.63) is 71.8 Å². The number of nitrogens with zero attached hydrogens (tertiary/aromatic N) is 1. The molecule has 0 unspecified atom stereocenters. The fraction of sp³-hybridized carbons (Fsp3) is 0.400. The van der Waals surface area contributed by atoms with Crippen LogP contribution in [0.3, 0.4) is 0 Å². The van der Waals surface area contributed by atoms with Gasteiger partial charge in [0.05, 0.1) is 0 Å². The molecule has 2 aromatic carbocycles. The molecule has 0 spiro atoms. The minimum atomic E-state index is 0.588. The normalized spacial score (nSPS) is 12.8. The zero-order valence-electron chi connectivity index (χ0n) is 13.5. The van der Waals surface area contributed by atoms with Gasteiger partial charge < -0.3 is 0 Å². The molecule has 2 rings (SSSR count). The quantitative estimate of drug-likeness (QED) is 0.680. The highest BCUT2D eigenvalue weighted by molar-refractivity contribution is 5.17. The Bertz CT molecular complexity index is 462. The summed E-state index contributed by atoms with van der Waals surface area (Å²) in [6.45, 7) is 9.00. The van der Waals surface area contributed by atoms with Gasteiger partial charge >= 0.3 is 0 Å². The predicted molar refractivity (Wildman–Crippen MR) is 91.0 cm³/mol. The first-order valence-electron chi connectivity index (χ1n) is 7.97. The number of rotatable bonds is 7. The standard InChI is InChI=1S/C20H27N/c1-17(2)14-18(3)21(15-19-10-6-4-7-11-19)16-20-12-8-5-9-13-20/h4-13,17-18H,14-16H2,1-3H3/t18-/m1/s1. The van der Waals surface area contributed by atoms with Crippen molar-refractivity contribution in [1.29, 1.82) is 0 Å². The SMILES string of the molecule is CC(C)C[C@@H](C)N(Cc1ccccc1)Cc1ccccc1. The van der Waals surface area contributed by atoms with E-state index in [1.807, 2.05) is 0 Å². The van der Waals surface area contributed by atoms with Gasteiger partial charge in [0.15, 0.2) is 0 Å². The fourth-order valence-electron chi connectivity index (χ4n) is 2.83. The van der Waals surface area contributed by atoms with Crippen molar-refractivity contribution in [2.45, 2.75) is 46.3 Å². The van der Waals surface area contributed by atoms with Crippen molar-refractivity contribution < 1.29 is 0 Å². The van der Waals surface area contributed by atoms with Crippen LogP contribution in [0.2, 0.25) is 0 Å². The Kier molecular flexibility index (Phi) is 6.01. The molecule has 0 heterocycles. The maximum Gasteiger partial charge on any atom is 0.0240 e. The van der Waals surface area contributed by atoms with Gasteiger partial charge in [0.25, 0.3) is 0 Å². The molecule has 21 heavy (non-hydrogen) atoms. The van der Waals surface area contributed by atoms with Crippen LogP contribution < -0.4 is 0 Å². The van der Waals surface area contributed by atoms with Gasteiger partial charge in [-0.05, 0) is 30.4 Å². The van der Waals surface area contributed by atoms with Crippen LogP contribution >= 0.6 is 0 Å². The minimum absolute atomic E-state index is 0.588. The lowest BCUT2D eigenvalue weighted by Gasteiger charge is -2.30. The summed E-state index contributed by atoms with van der Waals surface area (Å²) >= 11 is 0. The van der Waals surface area contributed by atoms with Crippen LogP contribution in [0.1, 0.15) is 38.3 Å². The monoisotopic (exact) mass is 281 g/mol. The molecule has 0 fully saturated rings. The van der Waals surface area contributed by atoms with E-state index in [0.717, 1.165) is 19.0 Å². The second-order valence-corrected chi connectivity index (χ2v) is 6.35. The fourth-order valence-corrected chi connectivity index (χ4v) is 2.83. The molecule has 0 saturated heterocycles. The third kappa shape index (κ3) is 5.35. The summed E-state index contributed by atoms with van der Waals surface area (Å²) in [4.78, 5) is 2.59. The van der Waals surface area contributed by atoms with E-state index in [1.165, 1.54) is 17.5 Å². The van der Waals surface area contributed by atoms with Gasteiger partial charge in [-0.25, -0.2) is 0 Å². The van der Waals surface area contributed by atoms with Crippen LogP contribution in [0.25, 0.3) is 0 Å². The summed E-state index contributed by atoms with van der Waals surface area (Å²) in [6, 6.07) is 22.2. The van der Waals surface area contributed by atoms with Gasteiger partial charge in [-0.2, -0.15) is 0 Å². The van der Waals surface area contributed by atoms with E-state index in [1.54, 1.807) is 0 Å². The summed E-state index contributed by atoms with van der Waals surface area (Å²) in [6.07, 6.45) is 1.24. The van der Waals surface area contributed by atoms with Gasteiger partial charge in [-0.3, -0.25) is 4.90 Å². The summed E-state index contributed by atoms with van der Waals surface area (Å²) < 4.78 is 0. The van der Waals surface area contributed by atoms with Crippen LogP contribution in [0, 0.1) is 5.92 Å². The Labute approximate surface area is 129 Å². The molecular formula is C20H27N. The summed E-state index contributed by atoms with van der Waals surface area (Å²) in [7, 11) is 0. The van der Waals surface area contributed by atoms with E-state index >= 15 is 0 Å². The van der Waals surface area contributed by atoms with Gasteiger partial charge in [0.2, 0.25) is 0 Å². The molecule has 0 bridgehead atoms.